The van der Waals surface area contributed by atoms with E-state index in [0.717, 1.165) is 19.4 Å². The summed E-state index contributed by atoms with van der Waals surface area (Å²) in [7, 11) is 1.72. The van der Waals surface area contributed by atoms with Gasteiger partial charge in [-0.05, 0) is 19.3 Å². The predicted molar refractivity (Wildman–Crippen MR) is 59.7 cm³/mol. The largest absolute Gasteiger partial charge is 0.377 e. The molecule has 0 saturated heterocycles. The second-order valence-corrected chi connectivity index (χ2v) is 4.10. The summed E-state index contributed by atoms with van der Waals surface area (Å²) in [5, 5.41) is 14.0. The van der Waals surface area contributed by atoms with E-state index in [4.69, 9.17) is 10.00 Å². The van der Waals surface area contributed by atoms with E-state index in [2.05, 4.69) is 10.6 Å². The zero-order chi connectivity index (χ0) is 11.9. The summed E-state index contributed by atoms with van der Waals surface area (Å²) in [6.07, 6.45) is 3.68. The van der Waals surface area contributed by atoms with Crippen molar-refractivity contribution in [2.24, 2.45) is 0 Å². The van der Waals surface area contributed by atoms with Crippen molar-refractivity contribution in [3.63, 3.8) is 0 Å². The lowest BCUT2D eigenvalue weighted by Gasteiger charge is -2.40. The van der Waals surface area contributed by atoms with Crippen LogP contribution in [-0.2, 0) is 9.53 Å². The van der Waals surface area contributed by atoms with Crippen LogP contribution in [0.4, 0.5) is 0 Å². The van der Waals surface area contributed by atoms with E-state index in [1.807, 2.05) is 6.07 Å². The molecule has 1 amide bonds. The molecule has 1 rings (SSSR count). The molecule has 5 heteroatoms. The van der Waals surface area contributed by atoms with E-state index < -0.39 is 0 Å². The Kier molecular flexibility index (Phi) is 5.23. The van der Waals surface area contributed by atoms with Gasteiger partial charge < -0.3 is 15.4 Å². The molecule has 0 bridgehead atoms. The Labute approximate surface area is 96.2 Å². The van der Waals surface area contributed by atoms with Gasteiger partial charge in [-0.1, -0.05) is 0 Å². The molecule has 16 heavy (non-hydrogen) atoms. The number of methoxy groups -OCH3 is 1. The first-order valence-corrected chi connectivity index (χ1v) is 5.62. The average molecular weight is 225 g/mol. The standard InChI is InChI=1S/C11H19N3O2/c1-16-11(4-2-5-11)9-13-8-10(15)14-7-3-6-12/h13H,2-5,7-9H2,1H3,(H,14,15). The third-order valence-electron chi connectivity index (χ3n) is 2.99. The maximum atomic E-state index is 11.3. The fourth-order valence-electron chi connectivity index (χ4n) is 1.75. The Bertz CT molecular complexity index is 263. The molecule has 90 valence electrons. The Balaban J connectivity index is 2.06. The number of ether oxygens (including phenoxy) is 1. The molecule has 2 N–H and O–H groups in total. The van der Waals surface area contributed by atoms with E-state index in [1.165, 1.54) is 6.42 Å². The van der Waals surface area contributed by atoms with Gasteiger partial charge in [-0.15, -0.1) is 0 Å². The molecular weight excluding hydrogens is 206 g/mol. The Morgan fingerprint density at radius 2 is 2.31 bits per heavy atom. The molecule has 0 aromatic heterocycles. The zero-order valence-corrected chi connectivity index (χ0v) is 9.71. The number of carbonyl (C=O) groups excluding carboxylic acids is 1. The summed E-state index contributed by atoms with van der Waals surface area (Å²) in [6, 6.07) is 1.98. The van der Waals surface area contributed by atoms with Gasteiger partial charge in [0.15, 0.2) is 0 Å². The number of carbonyl (C=O) groups is 1. The number of nitrogens with one attached hydrogen (secondary N) is 2. The minimum atomic E-state index is -0.0687. The van der Waals surface area contributed by atoms with Crippen LogP contribution in [0.2, 0.25) is 0 Å². The number of rotatable bonds is 7. The Hall–Kier alpha value is -1.12. The van der Waals surface area contributed by atoms with Crippen LogP contribution in [-0.4, -0.2) is 38.3 Å². The molecule has 1 aliphatic carbocycles. The predicted octanol–water partition coefficient (Wildman–Crippen LogP) is 0.175. The van der Waals surface area contributed by atoms with Crippen molar-refractivity contribution in [2.75, 3.05) is 26.7 Å². The molecule has 0 aliphatic heterocycles. The van der Waals surface area contributed by atoms with Crippen molar-refractivity contribution in [3.8, 4) is 6.07 Å². The Morgan fingerprint density at radius 1 is 1.56 bits per heavy atom. The van der Waals surface area contributed by atoms with Gasteiger partial charge in [-0.3, -0.25) is 4.79 Å². The lowest BCUT2D eigenvalue weighted by atomic mass is 9.80. The maximum absolute atomic E-state index is 11.3. The molecule has 1 aliphatic rings. The van der Waals surface area contributed by atoms with Gasteiger partial charge in [0.1, 0.15) is 0 Å². The average Bonchev–Trinajstić information content (AvgIpc) is 2.22. The van der Waals surface area contributed by atoms with Crippen molar-refractivity contribution in [1.82, 2.24) is 10.6 Å². The highest BCUT2D eigenvalue weighted by molar-refractivity contribution is 5.77. The third kappa shape index (κ3) is 3.80. The first kappa shape index (κ1) is 12.9. The smallest absolute Gasteiger partial charge is 0.233 e. The summed E-state index contributed by atoms with van der Waals surface area (Å²) in [5.74, 6) is -0.0687. The normalized spacial score (nSPS) is 17.2. The number of hydrogen-bond acceptors (Lipinski definition) is 4. The molecule has 1 saturated carbocycles. The number of hydrogen-bond donors (Lipinski definition) is 2. The topological polar surface area (TPSA) is 74.2 Å². The molecular formula is C11H19N3O2. The van der Waals surface area contributed by atoms with Gasteiger partial charge in [0, 0.05) is 20.2 Å². The van der Waals surface area contributed by atoms with Gasteiger partial charge in [-0.2, -0.15) is 5.26 Å². The van der Waals surface area contributed by atoms with Crippen LogP contribution in [0.1, 0.15) is 25.7 Å². The molecule has 5 nitrogen and oxygen atoms in total. The highest BCUT2D eigenvalue weighted by atomic mass is 16.5. The minimum Gasteiger partial charge on any atom is -0.377 e. The fourth-order valence-corrected chi connectivity index (χ4v) is 1.75. The van der Waals surface area contributed by atoms with Gasteiger partial charge >= 0.3 is 0 Å². The number of amides is 1. The second kappa shape index (κ2) is 6.46. The second-order valence-electron chi connectivity index (χ2n) is 4.10. The van der Waals surface area contributed by atoms with Crippen molar-refractivity contribution >= 4 is 5.91 Å². The highest BCUT2D eigenvalue weighted by Gasteiger charge is 2.36. The molecule has 0 unspecified atom stereocenters. The molecule has 0 heterocycles. The number of nitrogens with zero attached hydrogens (tertiary/aromatic N) is 1. The van der Waals surface area contributed by atoms with Crippen molar-refractivity contribution in [3.05, 3.63) is 0 Å². The SMILES string of the molecule is COC1(CNCC(=O)NCCC#N)CCC1. The van der Waals surface area contributed by atoms with E-state index in [-0.39, 0.29) is 18.1 Å². The van der Waals surface area contributed by atoms with Crippen LogP contribution in [0.3, 0.4) is 0 Å². The zero-order valence-electron chi connectivity index (χ0n) is 9.71. The summed E-state index contributed by atoms with van der Waals surface area (Å²) in [4.78, 5) is 11.3. The molecule has 0 aromatic rings. The Morgan fingerprint density at radius 3 is 2.81 bits per heavy atom. The van der Waals surface area contributed by atoms with Crippen molar-refractivity contribution < 1.29 is 9.53 Å². The summed E-state index contributed by atoms with van der Waals surface area (Å²) in [6.45, 7) is 1.43. The van der Waals surface area contributed by atoms with Crippen LogP contribution in [0.15, 0.2) is 0 Å². The lowest BCUT2D eigenvalue weighted by Crippen LogP contribution is -2.49. The van der Waals surface area contributed by atoms with E-state index >= 15 is 0 Å². The minimum absolute atomic E-state index is 0.0487. The molecule has 0 spiro atoms. The molecule has 0 aromatic carbocycles. The maximum Gasteiger partial charge on any atom is 0.233 e. The molecule has 1 fully saturated rings. The summed E-state index contributed by atoms with van der Waals surface area (Å²) < 4.78 is 5.42. The summed E-state index contributed by atoms with van der Waals surface area (Å²) in [5.41, 5.74) is -0.0487. The lowest BCUT2D eigenvalue weighted by molar-refractivity contribution is -0.120. The van der Waals surface area contributed by atoms with Crippen LogP contribution in [0, 0.1) is 11.3 Å². The molecule has 0 atom stereocenters. The van der Waals surface area contributed by atoms with E-state index in [9.17, 15) is 4.79 Å². The third-order valence-corrected chi connectivity index (χ3v) is 2.99. The highest BCUT2D eigenvalue weighted by Crippen LogP contribution is 2.34. The number of nitriles is 1. The van der Waals surface area contributed by atoms with Crippen LogP contribution in [0.5, 0.6) is 0 Å². The van der Waals surface area contributed by atoms with E-state index in [0.29, 0.717) is 13.0 Å². The fraction of sp³-hybridized carbons (Fsp3) is 0.818. The first-order valence-electron chi connectivity index (χ1n) is 5.62. The van der Waals surface area contributed by atoms with Crippen molar-refractivity contribution in [1.29, 1.82) is 5.26 Å². The van der Waals surface area contributed by atoms with E-state index in [1.54, 1.807) is 7.11 Å². The quantitative estimate of drug-likeness (QED) is 0.606. The van der Waals surface area contributed by atoms with Gasteiger partial charge in [-0.25, -0.2) is 0 Å². The van der Waals surface area contributed by atoms with Crippen LogP contribution in [0.25, 0.3) is 0 Å². The van der Waals surface area contributed by atoms with Crippen molar-refractivity contribution in [2.45, 2.75) is 31.3 Å². The molecule has 0 radical (unpaired) electrons. The van der Waals surface area contributed by atoms with Crippen LogP contribution >= 0.6 is 0 Å². The summed E-state index contributed by atoms with van der Waals surface area (Å²) >= 11 is 0. The van der Waals surface area contributed by atoms with Crippen LogP contribution < -0.4 is 10.6 Å². The van der Waals surface area contributed by atoms with Gasteiger partial charge in [0.05, 0.1) is 24.6 Å². The van der Waals surface area contributed by atoms with Gasteiger partial charge in [0.25, 0.3) is 0 Å². The van der Waals surface area contributed by atoms with Gasteiger partial charge in [0.2, 0.25) is 5.91 Å². The monoisotopic (exact) mass is 225 g/mol. The first-order chi connectivity index (χ1) is 7.72.